The van der Waals surface area contributed by atoms with Crippen LogP contribution in [-0.2, 0) is 6.18 Å². The van der Waals surface area contributed by atoms with Gasteiger partial charge in [0.2, 0.25) is 5.88 Å². The first-order valence-electron chi connectivity index (χ1n) is 12.0. The number of halogens is 4. The third-order valence-electron chi connectivity index (χ3n) is 6.82. The molecule has 0 aliphatic heterocycles. The molecule has 38 heavy (non-hydrogen) atoms. The Bertz CT molecular complexity index is 1490. The molecule has 2 atom stereocenters. The normalized spacial score (nSPS) is 17.9. The molecule has 1 aliphatic carbocycles. The number of alkyl halides is 3. The molecule has 0 bridgehead atoms. The fraction of sp³-hybridized carbons (Fsp3) is 0.308. The van der Waals surface area contributed by atoms with E-state index in [1.807, 2.05) is 0 Å². The number of rotatable bonds is 5. The molecule has 0 radical (unpaired) electrons. The summed E-state index contributed by atoms with van der Waals surface area (Å²) < 4.78 is 60.9. The van der Waals surface area contributed by atoms with Gasteiger partial charge in [0.1, 0.15) is 23.2 Å². The van der Waals surface area contributed by atoms with Crippen molar-refractivity contribution in [1.82, 2.24) is 24.9 Å². The van der Waals surface area contributed by atoms with Gasteiger partial charge < -0.3 is 15.8 Å². The number of methoxy groups -OCH3 is 1. The van der Waals surface area contributed by atoms with Gasteiger partial charge in [-0.05, 0) is 55.0 Å². The molecule has 5 rings (SSSR count). The van der Waals surface area contributed by atoms with E-state index >= 15 is 0 Å². The number of hydrogen-bond donors (Lipinski definition) is 2. The third kappa shape index (κ3) is 4.85. The molecule has 1 aliphatic rings. The Kier molecular flexibility index (Phi) is 6.64. The fourth-order valence-corrected chi connectivity index (χ4v) is 5.03. The first-order valence-corrected chi connectivity index (χ1v) is 12.0. The minimum atomic E-state index is -4.70. The Hall–Kier alpha value is -4.22. The highest BCUT2D eigenvalue weighted by molar-refractivity contribution is 5.97. The van der Waals surface area contributed by atoms with Crippen molar-refractivity contribution in [3.8, 4) is 17.1 Å². The average Bonchev–Trinajstić information content (AvgIpc) is 3.31. The molecule has 1 fully saturated rings. The summed E-state index contributed by atoms with van der Waals surface area (Å²) >= 11 is 0. The number of fused-ring (bicyclic) bond motifs is 1. The predicted octanol–water partition coefficient (Wildman–Crippen LogP) is 5.00. The molecule has 3 N–H and O–H groups in total. The highest BCUT2D eigenvalue weighted by Gasteiger charge is 2.37. The first kappa shape index (κ1) is 25.4. The van der Waals surface area contributed by atoms with Gasteiger partial charge in [-0.3, -0.25) is 4.79 Å². The van der Waals surface area contributed by atoms with Gasteiger partial charge in [-0.2, -0.15) is 18.3 Å². The zero-order chi connectivity index (χ0) is 27.0. The number of carbonyl (C=O) groups excluding carboxylic acids is 1. The minimum absolute atomic E-state index is 0.0307. The molecule has 1 unspecified atom stereocenters. The number of nitrogen functional groups attached to an aromatic ring is 1. The standard InChI is InChI=1S/C26H24F4N6O2/c1-38-25-19(24(37)35-18-4-2-3-15(9-18)14-5-7-17(27)8-6-14)10-16(12-32-25)21-11-20(26(28,29)30)22-23(31)33-13-34-36(21)22/h5-8,10-13,15,18H,2-4,9H2,1H3,(H,35,37)(H2,31,33,34)/t15?,18-/m0/s1. The highest BCUT2D eigenvalue weighted by Crippen LogP contribution is 2.39. The monoisotopic (exact) mass is 528 g/mol. The molecule has 198 valence electrons. The molecular formula is C26H24F4N6O2. The van der Waals surface area contributed by atoms with Gasteiger partial charge in [-0.1, -0.05) is 18.6 Å². The lowest BCUT2D eigenvalue weighted by Crippen LogP contribution is -2.38. The smallest absolute Gasteiger partial charge is 0.418 e. The zero-order valence-corrected chi connectivity index (χ0v) is 20.3. The van der Waals surface area contributed by atoms with E-state index in [-0.39, 0.29) is 51.8 Å². The van der Waals surface area contributed by atoms with E-state index in [0.29, 0.717) is 6.42 Å². The van der Waals surface area contributed by atoms with Crippen molar-refractivity contribution in [3.05, 3.63) is 71.4 Å². The molecule has 0 spiro atoms. The summed E-state index contributed by atoms with van der Waals surface area (Å²) in [6.45, 7) is 0. The molecular weight excluding hydrogens is 504 g/mol. The van der Waals surface area contributed by atoms with Crippen LogP contribution in [0.2, 0.25) is 0 Å². The Labute approximate surface area is 214 Å². The summed E-state index contributed by atoms with van der Waals surface area (Å²) in [6, 6.07) is 8.53. The summed E-state index contributed by atoms with van der Waals surface area (Å²) in [5.41, 5.74) is 5.69. The van der Waals surface area contributed by atoms with E-state index < -0.39 is 17.6 Å². The van der Waals surface area contributed by atoms with Crippen LogP contribution in [0.15, 0.2) is 48.9 Å². The van der Waals surface area contributed by atoms with E-state index in [2.05, 4.69) is 20.4 Å². The molecule has 12 heteroatoms. The number of benzene rings is 1. The van der Waals surface area contributed by atoms with Crippen LogP contribution in [-0.4, -0.2) is 38.6 Å². The zero-order valence-electron chi connectivity index (χ0n) is 20.3. The lowest BCUT2D eigenvalue weighted by molar-refractivity contribution is -0.136. The maximum atomic E-state index is 13.7. The molecule has 8 nitrogen and oxygen atoms in total. The van der Waals surface area contributed by atoms with Gasteiger partial charge in [0.15, 0.2) is 5.82 Å². The first-order chi connectivity index (χ1) is 18.2. The number of amides is 1. The summed E-state index contributed by atoms with van der Waals surface area (Å²) in [5, 5.41) is 6.96. The summed E-state index contributed by atoms with van der Waals surface area (Å²) in [7, 11) is 1.35. The lowest BCUT2D eigenvalue weighted by atomic mass is 9.81. The maximum Gasteiger partial charge on any atom is 0.418 e. The van der Waals surface area contributed by atoms with Crippen LogP contribution in [0.4, 0.5) is 23.4 Å². The number of nitrogens with two attached hydrogens (primary N) is 1. The van der Waals surface area contributed by atoms with Gasteiger partial charge in [0.25, 0.3) is 5.91 Å². The van der Waals surface area contributed by atoms with E-state index in [9.17, 15) is 22.4 Å². The van der Waals surface area contributed by atoms with Crippen molar-refractivity contribution >= 4 is 17.2 Å². The number of nitrogens with zero attached hydrogens (tertiary/aromatic N) is 4. The van der Waals surface area contributed by atoms with Crippen molar-refractivity contribution < 1.29 is 27.1 Å². The molecule has 3 aromatic heterocycles. The number of pyridine rings is 1. The number of anilines is 1. The molecule has 1 aromatic carbocycles. The molecule has 3 heterocycles. The van der Waals surface area contributed by atoms with Crippen molar-refractivity contribution in [2.24, 2.45) is 0 Å². The van der Waals surface area contributed by atoms with Crippen molar-refractivity contribution in [2.45, 2.75) is 43.8 Å². The van der Waals surface area contributed by atoms with Crippen LogP contribution < -0.4 is 15.8 Å². The van der Waals surface area contributed by atoms with E-state index in [1.54, 1.807) is 12.1 Å². The van der Waals surface area contributed by atoms with E-state index in [4.69, 9.17) is 10.5 Å². The Morgan fingerprint density at radius 1 is 1.16 bits per heavy atom. The Morgan fingerprint density at radius 2 is 1.92 bits per heavy atom. The van der Waals surface area contributed by atoms with Crippen LogP contribution in [0.1, 0.15) is 53.1 Å². The number of nitrogens with one attached hydrogen (secondary N) is 1. The van der Waals surface area contributed by atoms with Crippen LogP contribution in [0.3, 0.4) is 0 Å². The topological polar surface area (TPSA) is 107 Å². The molecule has 0 saturated heterocycles. The van der Waals surface area contributed by atoms with Crippen LogP contribution in [0.5, 0.6) is 5.88 Å². The van der Waals surface area contributed by atoms with Crippen LogP contribution in [0, 0.1) is 5.82 Å². The van der Waals surface area contributed by atoms with Crippen LogP contribution in [0.25, 0.3) is 16.8 Å². The van der Waals surface area contributed by atoms with E-state index in [0.717, 1.165) is 41.7 Å². The minimum Gasteiger partial charge on any atom is -0.480 e. The predicted molar refractivity (Wildman–Crippen MR) is 131 cm³/mol. The van der Waals surface area contributed by atoms with Gasteiger partial charge in [0, 0.05) is 17.8 Å². The Morgan fingerprint density at radius 3 is 2.63 bits per heavy atom. The van der Waals surface area contributed by atoms with Gasteiger partial charge in [-0.25, -0.2) is 18.9 Å². The second-order valence-corrected chi connectivity index (χ2v) is 9.21. The second kappa shape index (κ2) is 9.92. The SMILES string of the molecule is COc1ncc(-c2cc(C(F)(F)F)c3c(N)ncnn23)cc1C(=O)N[C@H]1CCCC(c2ccc(F)cc2)C1. The van der Waals surface area contributed by atoms with Gasteiger partial charge >= 0.3 is 6.18 Å². The number of hydrogen-bond acceptors (Lipinski definition) is 6. The summed E-state index contributed by atoms with van der Waals surface area (Å²) in [6.07, 6.45) is 0.878. The number of ether oxygens (including phenoxy) is 1. The lowest BCUT2D eigenvalue weighted by Gasteiger charge is -2.30. The van der Waals surface area contributed by atoms with Gasteiger partial charge in [0.05, 0.1) is 18.4 Å². The second-order valence-electron chi connectivity index (χ2n) is 9.21. The average molecular weight is 529 g/mol. The third-order valence-corrected chi connectivity index (χ3v) is 6.82. The summed E-state index contributed by atoms with van der Waals surface area (Å²) in [5.74, 6) is -0.901. The van der Waals surface area contributed by atoms with Crippen molar-refractivity contribution in [2.75, 3.05) is 12.8 Å². The number of carbonyl (C=O) groups is 1. The number of aromatic nitrogens is 4. The largest absolute Gasteiger partial charge is 0.480 e. The fourth-order valence-electron chi connectivity index (χ4n) is 5.03. The van der Waals surface area contributed by atoms with E-state index in [1.165, 1.54) is 31.5 Å². The van der Waals surface area contributed by atoms with Gasteiger partial charge in [-0.15, -0.1) is 0 Å². The molecule has 1 amide bonds. The Balaban J connectivity index is 1.45. The van der Waals surface area contributed by atoms with Crippen molar-refractivity contribution in [3.63, 3.8) is 0 Å². The van der Waals surface area contributed by atoms with Crippen molar-refractivity contribution in [1.29, 1.82) is 0 Å². The van der Waals surface area contributed by atoms with Crippen LogP contribution >= 0.6 is 0 Å². The molecule has 1 saturated carbocycles. The maximum absolute atomic E-state index is 13.7. The highest BCUT2D eigenvalue weighted by atomic mass is 19.4. The molecule has 4 aromatic rings. The summed E-state index contributed by atoms with van der Waals surface area (Å²) in [4.78, 5) is 21.2. The quantitative estimate of drug-likeness (QED) is 0.353.